The summed E-state index contributed by atoms with van der Waals surface area (Å²) >= 11 is 0. The van der Waals surface area contributed by atoms with Gasteiger partial charge in [-0.2, -0.15) is 26.9 Å². The van der Waals surface area contributed by atoms with E-state index < -0.39 is 21.4 Å². The minimum Gasteiger partial charge on any atom is -0.464 e. The van der Waals surface area contributed by atoms with Crippen LogP contribution in [0.3, 0.4) is 0 Å². The summed E-state index contributed by atoms with van der Waals surface area (Å²) in [4.78, 5) is 0. The van der Waals surface area contributed by atoms with E-state index in [1.54, 1.807) is 6.07 Å². The van der Waals surface area contributed by atoms with Crippen molar-refractivity contribution in [3.8, 4) is 11.8 Å². The standard InChI is InChI=1S/C10H4F3NO4S/c11-10(12,13)19(15,16)18-9-4-6(5-14)3-8-7(9)1-2-17-8/h1-4H. The van der Waals surface area contributed by atoms with Gasteiger partial charge in [0.2, 0.25) is 0 Å². The fourth-order valence-corrected chi connectivity index (χ4v) is 1.81. The normalized spacial score (nSPS) is 12.3. The SMILES string of the molecule is N#Cc1cc(OS(=O)(=O)C(F)(F)F)c2ccoc2c1. The summed E-state index contributed by atoms with van der Waals surface area (Å²) in [5.74, 6) is -0.611. The van der Waals surface area contributed by atoms with E-state index >= 15 is 0 Å². The fraction of sp³-hybridized carbons (Fsp3) is 0.100. The van der Waals surface area contributed by atoms with Crippen molar-refractivity contribution in [3.05, 3.63) is 30.0 Å². The third-order valence-electron chi connectivity index (χ3n) is 2.15. The molecule has 9 heteroatoms. The van der Waals surface area contributed by atoms with Crippen LogP contribution in [0.4, 0.5) is 13.2 Å². The average molecular weight is 291 g/mol. The second-order valence-corrected chi connectivity index (χ2v) is 4.94. The Morgan fingerprint density at radius 2 is 2.00 bits per heavy atom. The van der Waals surface area contributed by atoms with Crippen LogP contribution in [-0.4, -0.2) is 13.9 Å². The summed E-state index contributed by atoms with van der Waals surface area (Å²) < 4.78 is 67.4. The molecule has 2 aromatic rings. The number of nitrogens with zero attached hydrogens (tertiary/aromatic N) is 1. The van der Waals surface area contributed by atoms with Gasteiger partial charge in [-0.3, -0.25) is 0 Å². The summed E-state index contributed by atoms with van der Waals surface area (Å²) in [5, 5.41) is 8.72. The number of benzene rings is 1. The first-order valence-electron chi connectivity index (χ1n) is 4.67. The topological polar surface area (TPSA) is 80.3 Å². The molecule has 1 heterocycles. The van der Waals surface area contributed by atoms with Gasteiger partial charge in [-0.15, -0.1) is 0 Å². The molecular formula is C10H4F3NO4S. The zero-order valence-electron chi connectivity index (χ0n) is 8.93. The second kappa shape index (κ2) is 4.17. The molecule has 2 rings (SSSR count). The Morgan fingerprint density at radius 1 is 1.32 bits per heavy atom. The predicted molar refractivity (Wildman–Crippen MR) is 56.5 cm³/mol. The van der Waals surface area contributed by atoms with Gasteiger partial charge in [0.1, 0.15) is 5.58 Å². The lowest BCUT2D eigenvalue weighted by atomic mass is 10.2. The molecule has 1 aromatic carbocycles. The van der Waals surface area contributed by atoms with E-state index in [-0.39, 0.29) is 16.5 Å². The number of alkyl halides is 3. The van der Waals surface area contributed by atoms with Gasteiger partial charge in [-0.1, -0.05) is 0 Å². The smallest absolute Gasteiger partial charge is 0.464 e. The highest BCUT2D eigenvalue weighted by atomic mass is 32.2. The van der Waals surface area contributed by atoms with E-state index in [4.69, 9.17) is 9.68 Å². The van der Waals surface area contributed by atoms with Crippen LogP contribution >= 0.6 is 0 Å². The van der Waals surface area contributed by atoms with E-state index in [1.807, 2.05) is 0 Å². The second-order valence-electron chi connectivity index (χ2n) is 3.40. The molecule has 19 heavy (non-hydrogen) atoms. The van der Waals surface area contributed by atoms with Crippen LogP contribution in [0.1, 0.15) is 5.56 Å². The molecular weight excluding hydrogens is 287 g/mol. The van der Waals surface area contributed by atoms with Gasteiger partial charge in [0.15, 0.2) is 5.75 Å². The van der Waals surface area contributed by atoms with Gasteiger partial charge in [-0.25, -0.2) is 0 Å². The zero-order valence-corrected chi connectivity index (χ0v) is 9.75. The van der Waals surface area contributed by atoms with Crippen molar-refractivity contribution in [2.75, 3.05) is 0 Å². The summed E-state index contributed by atoms with van der Waals surface area (Å²) in [6.45, 7) is 0. The lowest BCUT2D eigenvalue weighted by Crippen LogP contribution is -2.28. The van der Waals surface area contributed by atoms with Crippen molar-refractivity contribution >= 4 is 21.1 Å². The molecule has 0 unspecified atom stereocenters. The molecule has 0 aliphatic heterocycles. The lowest BCUT2D eigenvalue weighted by molar-refractivity contribution is -0.0499. The first-order chi connectivity index (χ1) is 8.74. The number of fused-ring (bicyclic) bond motifs is 1. The van der Waals surface area contributed by atoms with Crippen LogP contribution in [0.2, 0.25) is 0 Å². The number of hydrogen-bond acceptors (Lipinski definition) is 5. The zero-order chi connectivity index (χ0) is 14.3. The Labute approximate surface area is 104 Å². The fourth-order valence-electron chi connectivity index (χ4n) is 1.34. The van der Waals surface area contributed by atoms with Crippen molar-refractivity contribution in [2.24, 2.45) is 0 Å². The minimum absolute atomic E-state index is 0.0202. The molecule has 1 aromatic heterocycles. The maximum atomic E-state index is 12.2. The number of furan rings is 1. The third-order valence-corrected chi connectivity index (χ3v) is 3.11. The molecule has 0 bridgehead atoms. The molecule has 100 valence electrons. The largest absolute Gasteiger partial charge is 0.534 e. The van der Waals surface area contributed by atoms with Crippen LogP contribution in [0.5, 0.6) is 5.75 Å². The molecule has 0 saturated heterocycles. The van der Waals surface area contributed by atoms with E-state index in [1.165, 1.54) is 12.1 Å². The highest BCUT2D eigenvalue weighted by Crippen LogP contribution is 2.33. The minimum atomic E-state index is -5.80. The molecule has 0 radical (unpaired) electrons. The highest BCUT2D eigenvalue weighted by Gasteiger charge is 2.48. The van der Waals surface area contributed by atoms with Crippen LogP contribution < -0.4 is 4.18 Å². The Kier molecular flexibility index (Phi) is 2.90. The van der Waals surface area contributed by atoms with Gasteiger partial charge in [0.05, 0.1) is 23.3 Å². The van der Waals surface area contributed by atoms with Crippen molar-refractivity contribution < 1.29 is 30.2 Å². The molecule has 0 amide bonds. The Bertz CT molecular complexity index is 770. The lowest BCUT2D eigenvalue weighted by Gasteiger charge is -2.10. The monoisotopic (exact) mass is 291 g/mol. The molecule has 0 atom stereocenters. The molecule has 0 fully saturated rings. The van der Waals surface area contributed by atoms with Crippen LogP contribution in [-0.2, 0) is 10.1 Å². The number of halogens is 3. The van der Waals surface area contributed by atoms with Gasteiger partial charge >= 0.3 is 15.6 Å². The number of nitriles is 1. The molecule has 0 saturated carbocycles. The van der Waals surface area contributed by atoms with Crippen LogP contribution in [0.25, 0.3) is 11.0 Å². The van der Waals surface area contributed by atoms with Gasteiger partial charge in [0, 0.05) is 6.07 Å². The third kappa shape index (κ3) is 2.34. The Hall–Kier alpha value is -2.21. The Morgan fingerprint density at radius 3 is 2.58 bits per heavy atom. The summed E-state index contributed by atoms with van der Waals surface area (Å²) in [6.07, 6.45) is 1.14. The molecule has 0 aliphatic carbocycles. The predicted octanol–water partition coefficient (Wildman–Crippen LogP) is 2.53. The van der Waals surface area contributed by atoms with Crippen LogP contribution in [0, 0.1) is 11.3 Å². The van der Waals surface area contributed by atoms with Crippen molar-refractivity contribution in [2.45, 2.75) is 5.51 Å². The molecule has 0 N–H and O–H groups in total. The van der Waals surface area contributed by atoms with Crippen LogP contribution in [0.15, 0.2) is 28.9 Å². The summed E-state index contributed by atoms with van der Waals surface area (Å²) in [6, 6.07) is 5.03. The van der Waals surface area contributed by atoms with Crippen molar-refractivity contribution in [3.63, 3.8) is 0 Å². The quantitative estimate of drug-likeness (QED) is 0.627. The first kappa shape index (κ1) is 13.2. The van der Waals surface area contributed by atoms with Gasteiger partial charge < -0.3 is 8.60 Å². The number of rotatable bonds is 2. The highest BCUT2D eigenvalue weighted by molar-refractivity contribution is 7.88. The van der Waals surface area contributed by atoms with Crippen molar-refractivity contribution in [1.29, 1.82) is 5.26 Å². The first-order valence-corrected chi connectivity index (χ1v) is 6.07. The average Bonchev–Trinajstić information content (AvgIpc) is 2.75. The maximum absolute atomic E-state index is 12.2. The summed E-state index contributed by atoms with van der Waals surface area (Å²) in [7, 11) is -5.80. The summed E-state index contributed by atoms with van der Waals surface area (Å²) in [5.41, 5.74) is -5.59. The van der Waals surface area contributed by atoms with Gasteiger partial charge in [-0.05, 0) is 12.1 Å². The van der Waals surface area contributed by atoms with Crippen molar-refractivity contribution in [1.82, 2.24) is 0 Å². The molecule has 0 spiro atoms. The maximum Gasteiger partial charge on any atom is 0.534 e. The number of hydrogen-bond donors (Lipinski definition) is 0. The van der Waals surface area contributed by atoms with E-state index in [9.17, 15) is 21.6 Å². The molecule has 0 aliphatic rings. The molecule has 5 nitrogen and oxygen atoms in total. The van der Waals surface area contributed by atoms with E-state index in [2.05, 4.69) is 4.18 Å². The van der Waals surface area contributed by atoms with E-state index in [0.717, 1.165) is 12.3 Å². The van der Waals surface area contributed by atoms with Gasteiger partial charge in [0.25, 0.3) is 0 Å². The Balaban J connectivity index is 2.58. The van der Waals surface area contributed by atoms with E-state index in [0.29, 0.717) is 0 Å².